The van der Waals surface area contributed by atoms with E-state index in [1.54, 1.807) is 0 Å². The fourth-order valence-electron chi connectivity index (χ4n) is 1.95. The zero-order valence-electron chi connectivity index (χ0n) is 7.51. The fraction of sp³-hybridized carbons (Fsp3) is 0.900. The van der Waals surface area contributed by atoms with Crippen LogP contribution in [0.4, 0.5) is 0 Å². The van der Waals surface area contributed by atoms with E-state index in [1.807, 2.05) is 0 Å². The second-order valence-corrected chi connectivity index (χ2v) is 4.00. The third-order valence-corrected chi connectivity index (χ3v) is 2.84. The van der Waals surface area contributed by atoms with Gasteiger partial charge in [0.2, 0.25) is 0 Å². The van der Waals surface area contributed by atoms with Crippen LogP contribution in [-0.4, -0.2) is 0 Å². The molecule has 0 heterocycles. The standard InChI is InChI=1S/C10H17N/c1-8(2)10-5-3-4-9(6-10)7-11/h8-10H,3-6H2,1-2H3/t9-,10+/m1/s1. The Morgan fingerprint density at radius 3 is 2.64 bits per heavy atom. The van der Waals surface area contributed by atoms with Gasteiger partial charge in [-0.05, 0) is 24.7 Å². The minimum absolute atomic E-state index is 0.358. The summed E-state index contributed by atoms with van der Waals surface area (Å²) in [5.74, 6) is 1.94. The van der Waals surface area contributed by atoms with Gasteiger partial charge in [-0.15, -0.1) is 0 Å². The van der Waals surface area contributed by atoms with Crippen molar-refractivity contribution < 1.29 is 0 Å². The lowest BCUT2D eigenvalue weighted by molar-refractivity contribution is 0.245. The highest BCUT2D eigenvalue weighted by atomic mass is 14.3. The van der Waals surface area contributed by atoms with Crippen molar-refractivity contribution in [3.05, 3.63) is 0 Å². The van der Waals surface area contributed by atoms with Crippen molar-refractivity contribution in [2.45, 2.75) is 39.5 Å². The van der Waals surface area contributed by atoms with Crippen molar-refractivity contribution in [1.82, 2.24) is 0 Å². The van der Waals surface area contributed by atoms with Crippen molar-refractivity contribution in [2.24, 2.45) is 17.8 Å². The highest BCUT2D eigenvalue weighted by Gasteiger charge is 2.23. The van der Waals surface area contributed by atoms with Gasteiger partial charge in [0.1, 0.15) is 0 Å². The molecule has 1 rings (SSSR count). The first-order valence-corrected chi connectivity index (χ1v) is 4.63. The summed E-state index contributed by atoms with van der Waals surface area (Å²) in [6.07, 6.45) is 4.89. The first kappa shape index (κ1) is 8.59. The van der Waals surface area contributed by atoms with E-state index in [4.69, 9.17) is 5.26 Å². The molecule has 0 aromatic heterocycles. The largest absolute Gasteiger partial charge is 0.198 e. The molecule has 2 atom stereocenters. The molecule has 1 fully saturated rings. The Labute approximate surface area is 69.4 Å². The first-order valence-electron chi connectivity index (χ1n) is 4.63. The molecule has 62 valence electrons. The maximum absolute atomic E-state index is 8.74. The molecular weight excluding hydrogens is 134 g/mol. The van der Waals surface area contributed by atoms with Gasteiger partial charge in [-0.2, -0.15) is 5.26 Å². The SMILES string of the molecule is CC(C)[C@H]1CCC[C@@H](C#N)C1. The van der Waals surface area contributed by atoms with Crippen LogP contribution in [0.5, 0.6) is 0 Å². The summed E-state index contributed by atoms with van der Waals surface area (Å²) in [6.45, 7) is 4.54. The van der Waals surface area contributed by atoms with Crippen LogP contribution in [0.3, 0.4) is 0 Å². The minimum Gasteiger partial charge on any atom is -0.198 e. The Morgan fingerprint density at radius 1 is 1.36 bits per heavy atom. The number of hydrogen-bond acceptors (Lipinski definition) is 1. The van der Waals surface area contributed by atoms with Crippen LogP contribution in [0.2, 0.25) is 0 Å². The second-order valence-electron chi connectivity index (χ2n) is 4.00. The van der Waals surface area contributed by atoms with Crippen LogP contribution in [-0.2, 0) is 0 Å². The van der Waals surface area contributed by atoms with Gasteiger partial charge in [0.15, 0.2) is 0 Å². The topological polar surface area (TPSA) is 23.8 Å². The van der Waals surface area contributed by atoms with Crippen molar-refractivity contribution in [1.29, 1.82) is 5.26 Å². The van der Waals surface area contributed by atoms with E-state index in [-0.39, 0.29) is 0 Å². The van der Waals surface area contributed by atoms with Gasteiger partial charge in [-0.1, -0.05) is 26.7 Å². The summed E-state index contributed by atoms with van der Waals surface area (Å²) in [6, 6.07) is 2.39. The van der Waals surface area contributed by atoms with E-state index in [9.17, 15) is 0 Å². The molecule has 0 N–H and O–H groups in total. The maximum Gasteiger partial charge on any atom is 0.0655 e. The van der Waals surface area contributed by atoms with E-state index < -0.39 is 0 Å². The Kier molecular flexibility index (Phi) is 2.93. The van der Waals surface area contributed by atoms with Crippen LogP contribution < -0.4 is 0 Å². The Balaban J connectivity index is 2.41. The van der Waals surface area contributed by atoms with Crippen LogP contribution in [0, 0.1) is 29.1 Å². The molecule has 0 aromatic rings. The number of nitriles is 1. The molecule has 0 spiro atoms. The molecule has 1 saturated carbocycles. The molecule has 0 unspecified atom stereocenters. The van der Waals surface area contributed by atoms with Crippen LogP contribution >= 0.6 is 0 Å². The molecule has 1 heteroatoms. The molecule has 1 aliphatic carbocycles. The molecule has 0 bridgehead atoms. The predicted octanol–water partition coefficient (Wildman–Crippen LogP) is 2.97. The van der Waals surface area contributed by atoms with E-state index >= 15 is 0 Å². The van der Waals surface area contributed by atoms with E-state index in [0.29, 0.717) is 5.92 Å². The molecule has 0 aliphatic heterocycles. The lowest BCUT2D eigenvalue weighted by atomic mass is 9.77. The van der Waals surface area contributed by atoms with Crippen LogP contribution in [0.15, 0.2) is 0 Å². The molecule has 0 saturated heterocycles. The van der Waals surface area contributed by atoms with Gasteiger partial charge in [0, 0.05) is 5.92 Å². The average Bonchev–Trinajstić information content (AvgIpc) is 2.05. The summed E-state index contributed by atoms with van der Waals surface area (Å²) < 4.78 is 0. The minimum atomic E-state index is 0.358. The number of nitrogens with zero attached hydrogens (tertiary/aromatic N) is 1. The first-order chi connectivity index (χ1) is 5.24. The van der Waals surface area contributed by atoms with Crippen molar-refractivity contribution >= 4 is 0 Å². The second kappa shape index (κ2) is 3.76. The summed E-state index contributed by atoms with van der Waals surface area (Å²) >= 11 is 0. The highest BCUT2D eigenvalue weighted by molar-refractivity contribution is 4.88. The van der Waals surface area contributed by atoms with Crippen molar-refractivity contribution in [3.8, 4) is 6.07 Å². The third-order valence-electron chi connectivity index (χ3n) is 2.84. The Hall–Kier alpha value is -0.510. The zero-order valence-corrected chi connectivity index (χ0v) is 7.51. The van der Waals surface area contributed by atoms with Gasteiger partial charge in [0.05, 0.1) is 6.07 Å². The molecule has 11 heavy (non-hydrogen) atoms. The quantitative estimate of drug-likeness (QED) is 0.565. The van der Waals surface area contributed by atoms with Crippen LogP contribution in [0.25, 0.3) is 0 Å². The molecule has 1 aliphatic rings. The fourth-order valence-corrected chi connectivity index (χ4v) is 1.95. The molecule has 0 aromatic carbocycles. The smallest absolute Gasteiger partial charge is 0.0655 e. The highest BCUT2D eigenvalue weighted by Crippen LogP contribution is 2.32. The van der Waals surface area contributed by atoms with Crippen LogP contribution in [0.1, 0.15) is 39.5 Å². The molecular formula is C10H17N. The van der Waals surface area contributed by atoms with Crippen molar-refractivity contribution in [3.63, 3.8) is 0 Å². The monoisotopic (exact) mass is 151 g/mol. The Bertz CT molecular complexity index is 155. The van der Waals surface area contributed by atoms with E-state index in [0.717, 1.165) is 24.7 Å². The van der Waals surface area contributed by atoms with Crippen molar-refractivity contribution in [2.75, 3.05) is 0 Å². The number of rotatable bonds is 1. The third kappa shape index (κ3) is 2.22. The van der Waals surface area contributed by atoms with Gasteiger partial charge in [0.25, 0.3) is 0 Å². The lowest BCUT2D eigenvalue weighted by Crippen LogP contribution is -2.18. The molecule has 0 radical (unpaired) electrons. The van der Waals surface area contributed by atoms with Gasteiger partial charge >= 0.3 is 0 Å². The summed E-state index contributed by atoms with van der Waals surface area (Å²) in [5.41, 5.74) is 0. The summed E-state index contributed by atoms with van der Waals surface area (Å²) in [5, 5.41) is 8.74. The average molecular weight is 151 g/mol. The summed E-state index contributed by atoms with van der Waals surface area (Å²) in [7, 11) is 0. The van der Waals surface area contributed by atoms with Gasteiger partial charge < -0.3 is 0 Å². The molecule has 1 nitrogen and oxygen atoms in total. The number of hydrogen-bond donors (Lipinski definition) is 0. The Morgan fingerprint density at radius 2 is 2.09 bits per heavy atom. The predicted molar refractivity (Wildman–Crippen MR) is 45.9 cm³/mol. The maximum atomic E-state index is 8.74. The van der Waals surface area contributed by atoms with E-state index in [2.05, 4.69) is 19.9 Å². The molecule has 0 amide bonds. The normalized spacial score (nSPS) is 31.8. The summed E-state index contributed by atoms with van der Waals surface area (Å²) in [4.78, 5) is 0. The van der Waals surface area contributed by atoms with Gasteiger partial charge in [-0.3, -0.25) is 0 Å². The van der Waals surface area contributed by atoms with Gasteiger partial charge in [-0.25, -0.2) is 0 Å². The zero-order chi connectivity index (χ0) is 8.27. The lowest BCUT2D eigenvalue weighted by Gasteiger charge is -2.27. The van der Waals surface area contributed by atoms with E-state index in [1.165, 1.54) is 12.8 Å².